The lowest BCUT2D eigenvalue weighted by Crippen LogP contribution is -2.41. The van der Waals surface area contributed by atoms with Crippen LogP contribution < -0.4 is 11.1 Å². The van der Waals surface area contributed by atoms with Crippen molar-refractivity contribution in [3.05, 3.63) is 28.2 Å². The minimum Gasteiger partial charge on any atom is -0.389 e. The highest BCUT2D eigenvalue weighted by Gasteiger charge is 2.16. The lowest BCUT2D eigenvalue weighted by Gasteiger charge is -2.32. The van der Waals surface area contributed by atoms with Gasteiger partial charge in [-0.3, -0.25) is 4.90 Å². The van der Waals surface area contributed by atoms with Gasteiger partial charge in [-0.1, -0.05) is 18.6 Å². The largest absolute Gasteiger partial charge is 0.389 e. The summed E-state index contributed by atoms with van der Waals surface area (Å²) in [6.07, 6.45) is 4.04. The number of piperidine rings is 1. The molecule has 0 saturated carbocycles. The van der Waals surface area contributed by atoms with Crippen LogP contribution >= 0.6 is 28.1 Å². The van der Waals surface area contributed by atoms with Gasteiger partial charge in [0.1, 0.15) is 4.99 Å². The second kappa shape index (κ2) is 7.38. The van der Waals surface area contributed by atoms with Gasteiger partial charge in [-0.15, -0.1) is 0 Å². The minimum absolute atomic E-state index is 0.421. The summed E-state index contributed by atoms with van der Waals surface area (Å²) in [5.74, 6) is 0. The van der Waals surface area contributed by atoms with E-state index in [4.69, 9.17) is 18.0 Å². The first-order chi connectivity index (χ1) is 9.58. The number of anilines is 1. The summed E-state index contributed by atoms with van der Waals surface area (Å²) in [5.41, 5.74) is 7.64. The van der Waals surface area contributed by atoms with Crippen molar-refractivity contribution in [2.24, 2.45) is 5.73 Å². The zero-order chi connectivity index (χ0) is 14.5. The van der Waals surface area contributed by atoms with E-state index in [0.717, 1.165) is 22.3 Å². The molecule has 0 radical (unpaired) electrons. The van der Waals surface area contributed by atoms with Crippen molar-refractivity contribution in [3.63, 3.8) is 0 Å². The van der Waals surface area contributed by atoms with Gasteiger partial charge in [-0.2, -0.15) is 0 Å². The summed E-state index contributed by atoms with van der Waals surface area (Å²) < 4.78 is 0.945. The molecule has 1 aliphatic heterocycles. The van der Waals surface area contributed by atoms with E-state index in [2.05, 4.69) is 33.1 Å². The predicted molar refractivity (Wildman–Crippen MR) is 93.4 cm³/mol. The van der Waals surface area contributed by atoms with Crippen molar-refractivity contribution < 1.29 is 0 Å². The molecule has 1 heterocycles. The van der Waals surface area contributed by atoms with Crippen LogP contribution in [0.25, 0.3) is 0 Å². The van der Waals surface area contributed by atoms with Gasteiger partial charge < -0.3 is 11.1 Å². The fraction of sp³-hybridized carbons (Fsp3) is 0.533. The number of hydrogen-bond donors (Lipinski definition) is 2. The Hall–Kier alpha value is -0.650. The Labute approximate surface area is 135 Å². The van der Waals surface area contributed by atoms with E-state index >= 15 is 0 Å². The number of nitrogens with two attached hydrogens (primary N) is 1. The van der Waals surface area contributed by atoms with Gasteiger partial charge in [0.25, 0.3) is 0 Å². The van der Waals surface area contributed by atoms with Crippen LogP contribution in [-0.2, 0) is 0 Å². The Morgan fingerprint density at radius 3 is 2.70 bits per heavy atom. The zero-order valence-electron chi connectivity index (χ0n) is 11.9. The maximum absolute atomic E-state index is 5.66. The molecule has 5 heteroatoms. The Kier molecular flexibility index (Phi) is 5.81. The van der Waals surface area contributed by atoms with Crippen LogP contribution in [0.15, 0.2) is 22.7 Å². The van der Waals surface area contributed by atoms with Crippen LogP contribution in [0.2, 0.25) is 0 Å². The Bertz CT molecular complexity index is 472. The first-order valence-corrected chi connectivity index (χ1v) is 8.35. The van der Waals surface area contributed by atoms with E-state index in [1.54, 1.807) is 0 Å². The number of nitrogens with one attached hydrogen (secondary N) is 1. The lowest BCUT2D eigenvalue weighted by molar-refractivity contribution is 0.180. The molecule has 2 rings (SSSR count). The molecule has 0 bridgehead atoms. The standard InChI is InChI=1S/C15H22BrN3S/c1-11(19-7-3-2-4-8-19)10-18-12-5-6-13(15(17)20)14(16)9-12/h5-6,9,11,18H,2-4,7-8,10H2,1H3,(H2,17,20). The summed E-state index contributed by atoms with van der Waals surface area (Å²) in [6, 6.07) is 6.59. The fourth-order valence-electron chi connectivity index (χ4n) is 2.58. The van der Waals surface area contributed by atoms with Crippen LogP contribution in [0, 0.1) is 0 Å². The fourth-order valence-corrected chi connectivity index (χ4v) is 3.48. The number of likely N-dealkylation sites (tertiary alicyclic amines) is 1. The molecule has 0 amide bonds. The van der Waals surface area contributed by atoms with E-state index in [9.17, 15) is 0 Å². The summed E-state index contributed by atoms with van der Waals surface area (Å²) in [6.45, 7) is 5.70. The smallest absolute Gasteiger partial charge is 0.105 e. The summed E-state index contributed by atoms with van der Waals surface area (Å²) in [7, 11) is 0. The van der Waals surface area contributed by atoms with Crippen LogP contribution in [0.5, 0.6) is 0 Å². The maximum atomic E-state index is 5.66. The number of thiocarbonyl (C=S) groups is 1. The molecule has 110 valence electrons. The van der Waals surface area contributed by atoms with Crippen molar-refractivity contribution in [2.75, 3.05) is 25.0 Å². The average Bonchev–Trinajstić information content (AvgIpc) is 2.45. The van der Waals surface area contributed by atoms with Gasteiger partial charge in [0.15, 0.2) is 0 Å². The Balaban J connectivity index is 1.90. The van der Waals surface area contributed by atoms with Gasteiger partial charge in [-0.25, -0.2) is 0 Å². The molecule has 1 saturated heterocycles. The number of rotatable bonds is 5. The quantitative estimate of drug-likeness (QED) is 0.794. The third-order valence-corrected chi connectivity index (χ3v) is 4.73. The number of nitrogens with zero attached hydrogens (tertiary/aromatic N) is 1. The molecule has 1 atom stereocenters. The number of halogens is 1. The molecule has 1 unspecified atom stereocenters. The van der Waals surface area contributed by atoms with Crippen molar-refractivity contribution in [1.82, 2.24) is 4.90 Å². The van der Waals surface area contributed by atoms with Crippen LogP contribution in [0.1, 0.15) is 31.7 Å². The van der Waals surface area contributed by atoms with Gasteiger partial charge in [0.2, 0.25) is 0 Å². The normalized spacial score (nSPS) is 17.7. The van der Waals surface area contributed by atoms with Gasteiger partial charge >= 0.3 is 0 Å². The molecule has 0 spiro atoms. The molecule has 0 aliphatic carbocycles. The Morgan fingerprint density at radius 2 is 2.10 bits per heavy atom. The zero-order valence-corrected chi connectivity index (χ0v) is 14.3. The van der Waals surface area contributed by atoms with Gasteiger partial charge in [0.05, 0.1) is 0 Å². The SMILES string of the molecule is CC(CNc1ccc(C(N)=S)c(Br)c1)N1CCCCC1. The van der Waals surface area contributed by atoms with E-state index in [1.165, 1.54) is 32.4 Å². The molecular formula is C15H22BrN3S. The summed E-state index contributed by atoms with van der Waals surface area (Å²) >= 11 is 8.52. The van der Waals surface area contributed by atoms with E-state index in [0.29, 0.717) is 11.0 Å². The third-order valence-electron chi connectivity index (χ3n) is 3.85. The molecule has 3 nitrogen and oxygen atoms in total. The van der Waals surface area contributed by atoms with Crippen LogP contribution in [-0.4, -0.2) is 35.6 Å². The third kappa shape index (κ3) is 4.17. The maximum Gasteiger partial charge on any atom is 0.105 e. The molecule has 1 aliphatic rings. The first-order valence-electron chi connectivity index (χ1n) is 7.15. The van der Waals surface area contributed by atoms with Crippen molar-refractivity contribution >= 4 is 38.8 Å². The average molecular weight is 356 g/mol. The molecule has 3 N–H and O–H groups in total. The van der Waals surface area contributed by atoms with Gasteiger partial charge in [0, 0.05) is 28.3 Å². The van der Waals surface area contributed by atoms with E-state index in [1.807, 2.05) is 18.2 Å². The lowest BCUT2D eigenvalue weighted by atomic mass is 10.1. The predicted octanol–water partition coefficient (Wildman–Crippen LogP) is 3.37. The number of hydrogen-bond acceptors (Lipinski definition) is 3. The molecule has 20 heavy (non-hydrogen) atoms. The second-order valence-electron chi connectivity index (χ2n) is 5.39. The van der Waals surface area contributed by atoms with Crippen molar-refractivity contribution in [3.8, 4) is 0 Å². The summed E-state index contributed by atoms with van der Waals surface area (Å²) in [4.78, 5) is 2.99. The topological polar surface area (TPSA) is 41.3 Å². The van der Waals surface area contributed by atoms with Crippen LogP contribution in [0.3, 0.4) is 0 Å². The highest BCUT2D eigenvalue weighted by molar-refractivity contribution is 9.10. The summed E-state index contributed by atoms with van der Waals surface area (Å²) in [5, 5.41) is 3.49. The van der Waals surface area contributed by atoms with E-state index < -0.39 is 0 Å². The van der Waals surface area contributed by atoms with Gasteiger partial charge in [-0.05, 0) is 67.0 Å². The second-order valence-corrected chi connectivity index (χ2v) is 6.68. The van der Waals surface area contributed by atoms with Crippen LogP contribution in [0.4, 0.5) is 5.69 Å². The molecule has 1 aromatic carbocycles. The number of benzene rings is 1. The monoisotopic (exact) mass is 355 g/mol. The first kappa shape index (κ1) is 15.7. The minimum atomic E-state index is 0.421. The van der Waals surface area contributed by atoms with Crippen molar-refractivity contribution in [2.45, 2.75) is 32.2 Å². The molecule has 0 aromatic heterocycles. The molecule has 1 aromatic rings. The highest BCUT2D eigenvalue weighted by atomic mass is 79.9. The Morgan fingerprint density at radius 1 is 1.40 bits per heavy atom. The van der Waals surface area contributed by atoms with Crippen molar-refractivity contribution in [1.29, 1.82) is 0 Å². The van der Waals surface area contributed by atoms with E-state index in [-0.39, 0.29) is 0 Å². The molecular weight excluding hydrogens is 334 g/mol. The highest BCUT2D eigenvalue weighted by Crippen LogP contribution is 2.22. The molecule has 1 fully saturated rings.